The molecule has 1 rings (SSSR count). The molecule has 1 heterocycles. The van der Waals surface area contributed by atoms with Gasteiger partial charge < -0.3 is 41.9 Å². The van der Waals surface area contributed by atoms with E-state index in [0.29, 0.717) is 25.3 Å². The van der Waals surface area contributed by atoms with Crippen LogP contribution >= 0.6 is 0 Å². The van der Waals surface area contributed by atoms with Gasteiger partial charge in [-0.05, 0) is 31.3 Å². The average Bonchev–Trinajstić information content (AvgIpc) is 3.09. The molecule has 9 N–H and O–H groups in total. The second kappa shape index (κ2) is 15.4. The summed E-state index contributed by atoms with van der Waals surface area (Å²) in [5.74, 6) is -5.16. The first-order valence-corrected chi connectivity index (χ1v) is 9.43. The first-order chi connectivity index (χ1) is 14.7. The zero-order chi connectivity index (χ0) is 25.5. The van der Waals surface area contributed by atoms with E-state index in [1.807, 2.05) is 13.8 Å². The standard InChI is InChI=1S/C11H13NO6.C6H13NO2.C2H5NO2/c13-8(14)2-5-11(10(17)18)4-1-6-12(11)7-3-9(15)16;1-4(2)3-5(7)6(8)9;3-1-2(4)5/h2-3,5,7H,1,4,6H2,(H,13,14)(H,15,16)(H,17,18);4-5H,3,7H2,1-2H3,(H,8,9);1,3H2,(H,4,5)/t11-;5-;/m10./s1. The molecule has 0 unspecified atom stereocenters. The van der Waals surface area contributed by atoms with E-state index >= 15 is 0 Å². The summed E-state index contributed by atoms with van der Waals surface area (Å²) >= 11 is 0. The van der Waals surface area contributed by atoms with E-state index < -0.39 is 41.4 Å². The van der Waals surface area contributed by atoms with Gasteiger partial charge in [0.15, 0.2) is 5.54 Å². The van der Waals surface area contributed by atoms with Gasteiger partial charge in [0.25, 0.3) is 0 Å². The number of likely N-dealkylation sites (tertiary alicyclic amines) is 1. The molecule has 32 heavy (non-hydrogen) atoms. The average molecular weight is 461 g/mol. The molecule has 0 radical (unpaired) electrons. The molecule has 182 valence electrons. The second-order valence-corrected chi connectivity index (χ2v) is 7.02. The van der Waals surface area contributed by atoms with Crippen LogP contribution in [0.4, 0.5) is 0 Å². The van der Waals surface area contributed by atoms with E-state index in [0.717, 1.165) is 24.4 Å². The van der Waals surface area contributed by atoms with Crippen molar-refractivity contribution in [3.63, 3.8) is 0 Å². The Labute approximate surface area is 184 Å². The Kier molecular flexibility index (Phi) is 14.8. The largest absolute Gasteiger partial charge is 0.480 e. The van der Waals surface area contributed by atoms with Gasteiger partial charge in [-0.15, -0.1) is 0 Å². The van der Waals surface area contributed by atoms with Gasteiger partial charge in [-0.3, -0.25) is 9.59 Å². The molecule has 0 saturated carbocycles. The number of hydrogen-bond donors (Lipinski definition) is 7. The number of nitrogens with two attached hydrogens (primary N) is 2. The molecule has 13 nitrogen and oxygen atoms in total. The fourth-order valence-electron chi connectivity index (χ4n) is 2.52. The van der Waals surface area contributed by atoms with E-state index in [1.165, 1.54) is 4.90 Å². The Morgan fingerprint density at radius 1 is 1.00 bits per heavy atom. The van der Waals surface area contributed by atoms with Gasteiger partial charge in [0.1, 0.15) is 6.04 Å². The maximum Gasteiger partial charge on any atom is 0.333 e. The molecule has 2 atom stereocenters. The van der Waals surface area contributed by atoms with Crippen molar-refractivity contribution in [2.75, 3.05) is 13.1 Å². The molecule has 1 aliphatic rings. The summed E-state index contributed by atoms with van der Waals surface area (Å²) in [7, 11) is 0. The number of rotatable bonds is 9. The number of hydrogen-bond acceptors (Lipinski definition) is 8. The van der Waals surface area contributed by atoms with Crippen molar-refractivity contribution in [1.29, 1.82) is 0 Å². The van der Waals surface area contributed by atoms with E-state index in [1.54, 1.807) is 0 Å². The molecule has 1 aliphatic heterocycles. The Morgan fingerprint density at radius 3 is 1.81 bits per heavy atom. The highest BCUT2D eigenvalue weighted by Gasteiger charge is 2.44. The first kappa shape index (κ1) is 30.7. The molecule has 0 aromatic heterocycles. The smallest absolute Gasteiger partial charge is 0.333 e. The molecule has 0 aromatic rings. The molecular weight excluding hydrogens is 430 g/mol. The molecule has 1 saturated heterocycles. The van der Waals surface area contributed by atoms with Crippen LogP contribution in [0.5, 0.6) is 0 Å². The zero-order valence-corrected chi connectivity index (χ0v) is 17.9. The van der Waals surface area contributed by atoms with Crippen LogP contribution in [0.2, 0.25) is 0 Å². The second-order valence-electron chi connectivity index (χ2n) is 7.02. The highest BCUT2D eigenvalue weighted by atomic mass is 16.4. The zero-order valence-electron chi connectivity index (χ0n) is 17.9. The van der Waals surface area contributed by atoms with Crippen LogP contribution in [0.3, 0.4) is 0 Å². The SMILES string of the molecule is CC(C)C[C@H](N)C(=O)O.NCC(=O)O.O=C(O)C=CN1CCC[C@@]1(C=CC(=O)O)C(=O)O. The lowest BCUT2D eigenvalue weighted by Crippen LogP contribution is -2.46. The third-order valence-electron chi connectivity index (χ3n) is 3.96. The summed E-state index contributed by atoms with van der Waals surface area (Å²) in [6, 6.07) is -0.690. The van der Waals surface area contributed by atoms with Gasteiger partial charge in [0.2, 0.25) is 0 Å². The van der Waals surface area contributed by atoms with Crippen LogP contribution in [-0.2, 0) is 24.0 Å². The normalized spacial score (nSPS) is 18.5. The van der Waals surface area contributed by atoms with Crippen molar-refractivity contribution in [2.45, 2.75) is 44.7 Å². The Hall–Kier alpha value is -3.45. The van der Waals surface area contributed by atoms with E-state index in [4.69, 9.17) is 26.2 Å². The minimum absolute atomic E-state index is 0.232. The lowest BCUT2D eigenvalue weighted by molar-refractivity contribution is -0.145. The van der Waals surface area contributed by atoms with Gasteiger partial charge in [-0.25, -0.2) is 14.4 Å². The van der Waals surface area contributed by atoms with E-state index in [2.05, 4.69) is 5.73 Å². The highest BCUT2D eigenvalue weighted by molar-refractivity contribution is 5.87. The molecular formula is C19H31N3O10. The van der Waals surface area contributed by atoms with Gasteiger partial charge in [-0.1, -0.05) is 13.8 Å². The monoisotopic (exact) mass is 461 g/mol. The summed E-state index contributed by atoms with van der Waals surface area (Å²) < 4.78 is 0. The fourth-order valence-corrected chi connectivity index (χ4v) is 2.52. The van der Waals surface area contributed by atoms with Crippen molar-refractivity contribution in [2.24, 2.45) is 17.4 Å². The third kappa shape index (κ3) is 13.0. The van der Waals surface area contributed by atoms with Crippen molar-refractivity contribution in [1.82, 2.24) is 4.90 Å². The molecule has 0 aliphatic carbocycles. The quantitative estimate of drug-likeness (QED) is 0.217. The maximum atomic E-state index is 11.3. The van der Waals surface area contributed by atoms with Crippen LogP contribution in [0.15, 0.2) is 24.4 Å². The van der Waals surface area contributed by atoms with E-state index in [-0.39, 0.29) is 13.0 Å². The van der Waals surface area contributed by atoms with Crippen molar-refractivity contribution >= 4 is 29.8 Å². The number of carboxylic acid groups (broad SMARTS) is 5. The molecule has 0 amide bonds. The van der Waals surface area contributed by atoms with Crippen LogP contribution in [0.1, 0.15) is 33.1 Å². The van der Waals surface area contributed by atoms with Crippen LogP contribution in [0.25, 0.3) is 0 Å². The van der Waals surface area contributed by atoms with Crippen LogP contribution in [-0.4, -0.2) is 84.9 Å². The van der Waals surface area contributed by atoms with Crippen LogP contribution in [0, 0.1) is 5.92 Å². The van der Waals surface area contributed by atoms with E-state index in [9.17, 15) is 29.1 Å². The Balaban J connectivity index is 0. The Morgan fingerprint density at radius 2 is 1.50 bits per heavy atom. The Bertz CT molecular complexity index is 720. The van der Waals surface area contributed by atoms with Crippen molar-refractivity contribution < 1.29 is 49.5 Å². The van der Waals surface area contributed by atoms with Gasteiger partial charge >= 0.3 is 29.8 Å². The predicted molar refractivity (Wildman–Crippen MR) is 112 cm³/mol. The van der Waals surface area contributed by atoms with Crippen molar-refractivity contribution in [3.05, 3.63) is 24.4 Å². The first-order valence-electron chi connectivity index (χ1n) is 9.43. The van der Waals surface area contributed by atoms with Crippen molar-refractivity contribution in [3.8, 4) is 0 Å². The fraction of sp³-hybridized carbons (Fsp3) is 0.526. The lowest BCUT2D eigenvalue weighted by atomic mass is 9.95. The molecule has 1 fully saturated rings. The number of nitrogens with zero attached hydrogens (tertiary/aromatic N) is 1. The van der Waals surface area contributed by atoms with Gasteiger partial charge in [0, 0.05) is 24.9 Å². The molecule has 13 heteroatoms. The molecule has 0 spiro atoms. The predicted octanol–water partition coefficient (Wildman–Crippen LogP) is -0.381. The minimum atomic E-state index is -1.48. The summed E-state index contributed by atoms with van der Waals surface area (Å²) in [5.41, 5.74) is 8.31. The lowest BCUT2D eigenvalue weighted by Gasteiger charge is -2.30. The maximum absolute atomic E-state index is 11.3. The summed E-state index contributed by atoms with van der Waals surface area (Å²) in [6.45, 7) is 3.98. The van der Waals surface area contributed by atoms with Gasteiger partial charge in [0.05, 0.1) is 6.54 Å². The topological polar surface area (TPSA) is 242 Å². The van der Waals surface area contributed by atoms with Crippen LogP contribution < -0.4 is 11.5 Å². The number of carboxylic acids is 5. The highest BCUT2D eigenvalue weighted by Crippen LogP contribution is 2.31. The van der Waals surface area contributed by atoms with Gasteiger partial charge in [-0.2, -0.15) is 0 Å². The molecule has 0 bridgehead atoms. The summed E-state index contributed by atoms with van der Waals surface area (Å²) in [6.07, 6.45) is 5.16. The number of carbonyl (C=O) groups is 5. The summed E-state index contributed by atoms with van der Waals surface area (Å²) in [4.78, 5) is 52.9. The summed E-state index contributed by atoms with van der Waals surface area (Å²) in [5, 5.41) is 42.2. The third-order valence-corrected chi connectivity index (χ3v) is 3.96. The number of aliphatic carboxylic acids is 5. The minimum Gasteiger partial charge on any atom is -0.480 e. The molecule has 0 aromatic carbocycles.